The monoisotopic (exact) mass is 301 g/mol. The second-order valence-electron chi connectivity index (χ2n) is 5.71. The normalized spacial score (nSPS) is 21.3. The van der Waals surface area contributed by atoms with Crippen LogP contribution in [0.1, 0.15) is 33.4 Å². The third-order valence-electron chi connectivity index (χ3n) is 4.28. The Morgan fingerprint density at radius 3 is 2.82 bits per heavy atom. The van der Waals surface area contributed by atoms with Crippen LogP contribution in [0.2, 0.25) is 0 Å². The third kappa shape index (κ3) is 2.50. The zero-order valence-electron chi connectivity index (χ0n) is 12.7. The minimum Gasteiger partial charge on any atom is -0.396 e. The molecule has 2 atom stereocenters. The van der Waals surface area contributed by atoms with Gasteiger partial charge in [-0.15, -0.1) is 0 Å². The van der Waals surface area contributed by atoms with Gasteiger partial charge in [0.1, 0.15) is 11.3 Å². The van der Waals surface area contributed by atoms with Gasteiger partial charge in [-0.05, 0) is 26.0 Å². The van der Waals surface area contributed by atoms with Crippen LogP contribution in [0.25, 0.3) is 0 Å². The summed E-state index contributed by atoms with van der Waals surface area (Å²) in [5.74, 6) is 0.493. The summed E-state index contributed by atoms with van der Waals surface area (Å²) in [5.41, 5.74) is 2.04. The van der Waals surface area contributed by atoms with Crippen molar-refractivity contribution >= 4 is 5.91 Å². The van der Waals surface area contributed by atoms with Crippen LogP contribution in [0.15, 0.2) is 28.9 Å². The molecule has 0 bridgehead atoms. The van der Waals surface area contributed by atoms with Crippen LogP contribution in [0.4, 0.5) is 0 Å². The Morgan fingerprint density at radius 1 is 1.41 bits per heavy atom. The van der Waals surface area contributed by atoms with Gasteiger partial charge in [0, 0.05) is 43.4 Å². The van der Waals surface area contributed by atoms with Crippen molar-refractivity contribution in [1.82, 2.24) is 15.0 Å². The largest absolute Gasteiger partial charge is 0.396 e. The first-order valence-electron chi connectivity index (χ1n) is 7.35. The molecule has 1 fully saturated rings. The highest BCUT2D eigenvalue weighted by atomic mass is 16.5. The van der Waals surface area contributed by atoms with Crippen molar-refractivity contribution in [3.63, 3.8) is 0 Å². The van der Waals surface area contributed by atoms with E-state index in [1.54, 1.807) is 24.9 Å². The number of aryl methyl sites for hydroxylation is 2. The maximum atomic E-state index is 12.7. The second kappa shape index (κ2) is 5.88. The fourth-order valence-corrected chi connectivity index (χ4v) is 3.10. The van der Waals surface area contributed by atoms with Gasteiger partial charge >= 0.3 is 0 Å². The number of hydrogen-bond donors (Lipinski definition) is 1. The summed E-state index contributed by atoms with van der Waals surface area (Å²) in [4.78, 5) is 18.8. The summed E-state index contributed by atoms with van der Waals surface area (Å²) < 4.78 is 5.08. The van der Waals surface area contributed by atoms with Crippen LogP contribution >= 0.6 is 0 Å². The van der Waals surface area contributed by atoms with Crippen LogP contribution < -0.4 is 0 Å². The molecule has 0 aliphatic carbocycles. The SMILES string of the molecule is Cc1noc(C)c1C(=O)N1C[C@@H](CO)[C@H](c2ccccn2)C1. The van der Waals surface area contributed by atoms with Gasteiger partial charge in [-0.1, -0.05) is 11.2 Å². The maximum absolute atomic E-state index is 12.7. The Morgan fingerprint density at radius 2 is 2.23 bits per heavy atom. The summed E-state index contributed by atoms with van der Waals surface area (Å²) >= 11 is 0. The van der Waals surface area contributed by atoms with E-state index in [0.717, 1.165) is 5.69 Å². The smallest absolute Gasteiger partial charge is 0.259 e. The number of pyridine rings is 1. The maximum Gasteiger partial charge on any atom is 0.259 e. The fourth-order valence-electron chi connectivity index (χ4n) is 3.10. The number of carbonyl (C=O) groups excluding carboxylic acids is 1. The topological polar surface area (TPSA) is 79.5 Å². The van der Waals surface area contributed by atoms with Gasteiger partial charge in [-0.3, -0.25) is 9.78 Å². The highest BCUT2D eigenvalue weighted by Gasteiger charge is 2.38. The lowest BCUT2D eigenvalue weighted by molar-refractivity contribution is 0.0779. The molecule has 3 rings (SSSR count). The molecule has 1 aliphatic heterocycles. The Bertz CT molecular complexity index is 649. The number of amides is 1. The Labute approximate surface area is 128 Å². The summed E-state index contributed by atoms with van der Waals surface area (Å²) in [5, 5.41) is 13.5. The van der Waals surface area contributed by atoms with Crippen molar-refractivity contribution in [2.45, 2.75) is 19.8 Å². The average molecular weight is 301 g/mol. The Hall–Kier alpha value is -2.21. The number of hydrogen-bond acceptors (Lipinski definition) is 5. The molecular weight excluding hydrogens is 282 g/mol. The standard InChI is InChI=1S/C16H19N3O3/c1-10-15(11(2)22-18-10)16(21)19-7-12(9-20)13(8-19)14-5-3-4-6-17-14/h3-6,12-13,20H,7-9H2,1-2H3/t12-,13+/m0/s1. The van der Waals surface area contributed by atoms with Gasteiger partial charge in [-0.2, -0.15) is 0 Å². The molecule has 116 valence electrons. The minimum atomic E-state index is -0.0897. The van der Waals surface area contributed by atoms with E-state index in [2.05, 4.69) is 10.1 Å². The molecule has 1 amide bonds. The summed E-state index contributed by atoms with van der Waals surface area (Å²) in [6, 6.07) is 5.73. The van der Waals surface area contributed by atoms with Crippen molar-refractivity contribution in [3.8, 4) is 0 Å². The van der Waals surface area contributed by atoms with Gasteiger partial charge in [0.05, 0.1) is 5.69 Å². The van der Waals surface area contributed by atoms with Crippen molar-refractivity contribution in [2.75, 3.05) is 19.7 Å². The molecule has 2 aromatic rings. The lowest BCUT2D eigenvalue weighted by Crippen LogP contribution is -2.30. The third-order valence-corrected chi connectivity index (χ3v) is 4.28. The number of nitrogens with zero attached hydrogens (tertiary/aromatic N) is 3. The van der Waals surface area contributed by atoms with E-state index < -0.39 is 0 Å². The molecule has 1 N–H and O–H groups in total. The van der Waals surface area contributed by atoms with Crippen molar-refractivity contribution in [2.24, 2.45) is 5.92 Å². The van der Waals surface area contributed by atoms with Crippen LogP contribution in [0.5, 0.6) is 0 Å². The first-order chi connectivity index (χ1) is 10.6. The van der Waals surface area contributed by atoms with E-state index in [0.29, 0.717) is 30.1 Å². The van der Waals surface area contributed by atoms with Crippen molar-refractivity contribution in [1.29, 1.82) is 0 Å². The van der Waals surface area contributed by atoms with E-state index in [4.69, 9.17) is 4.52 Å². The predicted octanol–water partition coefficient (Wildman–Crippen LogP) is 1.53. The molecule has 0 spiro atoms. The molecule has 3 heterocycles. The number of carbonyl (C=O) groups is 1. The van der Waals surface area contributed by atoms with Gasteiger partial charge in [0.25, 0.3) is 5.91 Å². The van der Waals surface area contributed by atoms with Crippen LogP contribution in [-0.4, -0.2) is 45.8 Å². The molecule has 0 aromatic carbocycles. The second-order valence-corrected chi connectivity index (χ2v) is 5.71. The quantitative estimate of drug-likeness (QED) is 0.930. The number of aliphatic hydroxyl groups is 1. The highest BCUT2D eigenvalue weighted by molar-refractivity contribution is 5.96. The molecular formula is C16H19N3O3. The summed E-state index contributed by atoms with van der Waals surface area (Å²) in [6.45, 7) is 4.60. The van der Waals surface area contributed by atoms with E-state index in [-0.39, 0.29) is 24.3 Å². The van der Waals surface area contributed by atoms with Gasteiger partial charge in [0.15, 0.2) is 0 Å². The van der Waals surface area contributed by atoms with Crippen LogP contribution in [-0.2, 0) is 0 Å². The molecule has 22 heavy (non-hydrogen) atoms. The summed E-state index contributed by atoms with van der Waals surface area (Å²) in [6.07, 6.45) is 1.74. The number of aliphatic hydroxyl groups excluding tert-OH is 1. The van der Waals surface area contributed by atoms with Gasteiger partial charge in [0.2, 0.25) is 0 Å². The first-order valence-corrected chi connectivity index (χ1v) is 7.35. The molecule has 2 aromatic heterocycles. The molecule has 1 aliphatic rings. The molecule has 1 saturated heterocycles. The number of rotatable bonds is 3. The first kappa shape index (κ1) is 14.7. The highest BCUT2D eigenvalue weighted by Crippen LogP contribution is 2.32. The fraction of sp³-hybridized carbons (Fsp3) is 0.438. The van der Waals surface area contributed by atoms with Gasteiger partial charge < -0.3 is 14.5 Å². The molecule has 0 radical (unpaired) electrons. The van der Waals surface area contributed by atoms with E-state index in [9.17, 15) is 9.90 Å². The number of aromatic nitrogens is 2. The van der Waals surface area contributed by atoms with Crippen LogP contribution in [0, 0.1) is 19.8 Å². The molecule has 6 heteroatoms. The zero-order chi connectivity index (χ0) is 15.7. The average Bonchev–Trinajstić information content (AvgIpc) is 3.11. The molecule has 6 nitrogen and oxygen atoms in total. The zero-order valence-corrected chi connectivity index (χ0v) is 12.7. The lowest BCUT2D eigenvalue weighted by Gasteiger charge is -2.16. The molecule has 0 unspecified atom stereocenters. The van der Waals surface area contributed by atoms with E-state index >= 15 is 0 Å². The van der Waals surface area contributed by atoms with Crippen LogP contribution in [0.3, 0.4) is 0 Å². The Balaban J connectivity index is 1.84. The van der Waals surface area contributed by atoms with Crippen molar-refractivity contribution < 1.29 is 14.4 Å². The predicted molar refractivity (Wildman–Crippen MR) is 79.4 cm³/mol. The van der Waals surface area contributed by atoms with E-state index in [1.165, 1.54) is 0 Å². The number of likely N-dealkylation sites (tertiary alicyclic amines) is 1. The lowest BCUT2D eigenvalue weighted by atomic mass is 9.93. The molecule has 0 saturated carbocycles. The van der Waals surface area contributed by atoms with Crippen molar-refractivity contribution in [3.05, 3.63) is 47.1 Å². The minimum absolute atomic E-state index is 0.000627. The summed E-state index contributed by atoms with van der Waals surface area (Å²) in [7, 11) is 0. The Kier molecular flexibility index (Phi) is 3.94. The van der Waals surface area contributed by atoms with E-state index in [1.807, 2.05) is 18.2 Å². The van der Waals surface area contributed by atoms with Gasteiger partial charge in [-0.25, -0.2) is 0 Å².